The molecule has 0 atom stereocenters. The summed E-state index contributed by atoms with van der Waals surface area (Å²) in [6, 6.07) is 16.0. The Labute approximate surface area is 254 Å². The number of carbonyl (C=O) groups excluding carboxylic acids is 3. The number of amides is 3. The zero-order valence-electron chi connectivity index (χ0n) is 20.9. The van der Waals surface area contributed by atoms with E-state index in [1.165, 1.54) is 0 Å². The normalized spacial score (nSPS) is 14.2. The Kier molecular flexibility index (Phi) is 9.81. The smallest absolute Gasteiger partial charge is 0.294 e. The average Bonchev–Trinajstić information content (AvgIpc) is 3.14. The largest absolute Gasteiger partial charge is 0.490 e. The Hall–Kier alpha value is -2.73. The highest BCUT2D eigenvalue weighted by atomic mass is 127. The predicted molar refractivity (Wildman–Crippen MR) is 164 cm³/mol. The number of nitrogens with zero attached hydrogens (tertiary/aromatic N) is 1. The van der Waals surface area contributed by atoms with Gasteiger partial charge in [0.2, 0.25) is 5.91 Å². The number of aryl methyl sites for hydroxylation is 1. The van der Waals surface area contributed by atoms with Crippen LogP contribution in [0.4, 0.5) is 10.5 Å². The second-order valence-electron chi connectivity index (χ2n) is 8.46. The van der Waals surface area contributed by atoms with Crippen LogP contribution < -0.4 is 14.8 Å². The summed E-state index contributed by atoms with van der Waals surface area (Å²) in [6.45, 7) is 4.04. The van der Waals surface area contributed by atoms with Crippen LogP contribution in [-0.2, 0) is 16.2 Å². The third-order valence-electron chi connectivity index (χ3n) is 5.56. The third-order valence-corrected chi connectivity index (χ3v) is 7.92. The highest BCUT2D eigenvalue weighted by molar-refractivity contribution is 14.1. The molecule has 3 aromatic rings. The van der Waals surface area contributed by atoms with Gasteiger partial charge in [-0.25, -0.2) is 0 Å². The number of benzene rings is 3. The molecule has 1 heterocycles. The third kappa shape index (κ3) is 7.47. The van der Waals surface area contributed by atoms with E-state index in [1.807, 2.05) is 32.0 Å². The van der Waals surface area contributed by atoms with Gasteiger partial charge in [-0.2, -0.15) is 0 Å². The van der Waals surface area contributed by atoms with Gasteiger partial charge in [0, 0.05) is 15.7 Å². The molecule has 1 saturated heterocycles. The van der Waals surface area contributed by atoms with Gasteiger partial charge in [-0.3, -0.25) is 19.3 Å². The Bertz CT molecular complexity index is 1460. The van der Waals surface area contributed by atoms with Crippen LogP contribution in [0.2, 0.25) is 10.0 Å². The predicted octanol–water partition coefficient (Wildman–Crippen LogP) is 7.56. The van der Waals surface area contributed by atoms with E-state index < -0.39 is 23.6 Å². The minimum atomic E-state index is -0.543. The van der Waals surface area contributed by atoms with E-state index in [0.717, 1.165) is 31.4 Å². The van der Waals surface area contributed by atoms with Gasteiger partial charge in [0.25, 0.3) is 11.1 Å². The molecular weight excluding hydrogens is 674 g/mol. The lowest BCUT2D eigenvalue weighted by atomic mass is 10.1. The molecular formula is C28H23Cl2IN2O5S. The van der Waals surface area contributed by atoms with Crippen LogP contribution in [0.25, 0.3) is 6.08 Å². The molecule has 0 spiro atoms. The van der Waals surface area contributed by atoms with Crippen LogP contribution in [0.5, 0.6) is 11.5 Å². The fourth-order valence-electron chi connectivity index (χ4n) is 3.61. The molecule has 3 aromatic carbocycles. The summed E-state index contributed by atoms with van der Waals surface area (Å²) in [4.78, 5) is 39.2. The summed E-state index contributed by atoms with van der Waals surface area (Å²) < 4.78 is 12.6. The minimum Gasteiger partial charge on any atom is -0.490 e. The number of nitrogens with one attached hydrogen (secondary N) is 1. The highest BCUT2D eigenvalue weighted by Crippen LogP contribution is 2.38. The fraction of sp³-hybridized carbons (Fsp3) is 0.179. The van der Waals surface area contributed by atoms with Gasteiger partial charge in [-0.15, -0.1) is 0 Å². The van der Waals surface area contributed by atoms with Crippen LogP contribution in [-0.4, -0.2) is 35.1 Å². The van der Waals surface area contributed by atoms with Gasteiger partial charge >= 0.3 is 0 Å². The summed E-state index contributed by atoms with van der Waals surface area (Å²) >= 11 is 15.0. The molecule has 3 amide bonds. The van der Waals surface area contributed by atoms with Crippen molar-refractivity contribution >= 4 is 86.4 Å². The van der Waals surface area contributed by atoms with E-state index >= 15 is 0 Å². The number of anilines is 1. The average molecular weight is 697 g/mol. The van der Waals surface area contributed by atoms with Gasteiger partial charge < -0.3 is 14.8 Å². The number of carbonyl (C=O) groups is 3. The Morgan fingerprint density at radius 2 is 1.82 bits per heavy atom. The van der Waals surface area contributed by atoms with E-state index in [0.29, 0.717) is 46.0 Å². The van der Waals surface area contributed by atoms with E-state index in [2.05, 4.69) is 27.9 Å². The van der Waals surface area contributed by atoms with Crippen molar-refractivity contribution in [1.82, 2.24) is 4.90 Å². The van der Waals surface area contributed by atoms with Crippen molar-refractivity contribution in [2.24, 2.45) is 0 Å². The summed E-state index contributed by atoms with van der Waals surface area (Å²) in [5.41, 5.74) is 2.96. The molecule has 4 rings (SSSR count). The molecule has 11 heteroatoms. The minimum absolute atomic E-state index is 0.208. The van der Waals surface area contributed by atoms with Crippen molar-refractivity contribution < 1.29 is 23.9 Å². The van der Waals surface area contributed by atoms with Gasteiger partial charge in [-0.05, 0) is 107 Å². The maximum Gasteiger partial charge on any atom is 0.294 e. The molecule has 7 nitrogen and oxygen atoms in total. The Morgan fingerprint density at radius 1 is 1.08 bits per heavy atom. The molecule has 0 bridgehead atoms. The molecule has 1 aliphatic rings. The molecule has 1 N–H and O–H groups in total. The quantitative estimate of drug-likeness (QED) is 0.184. The van der Waals surface area contributed by atoms with Gasteiger partial charge in [0.15, 0.2) is 11.5 Å². The maximum atomic E-state index is 13.0. The van der Waals surface area contributed by atoms with Crippen LogP contribution in [0.1, 0.15) is 23.6 Å². The molecule has 0 aliphatic carbocycles. The first-order valence-electron chi connectivity index (χ1n) is 11.8. The zero-order chi connectivity index (χ0) is 28.1. The van der Waals surface area contributed by atoms with Gasteiger partial charge in [-0.1, -0.05) is 41.4 Å². The van der Waals surface area contributed by atoms with Crippen molar-refractivity contribution in [3.8, 4) is 11.5 Å². The first-order chi connectivity index (χ1) is 18.6. The topological polar surface area (TPSA) is 84.9 Å². The Morgan fingerprint density at radius 3 is 2.51 bits per heavy atom. The molecule has 39 heavy (non-hydrogen) atoms. The Balaban J connectivity index is 1.48. The molecule has 0 unspecified atom stereocenters. The van der Waals surface area contributed by atoms with Crippen molar-refractivity contribution in [2.75, 3.05) is 18.5 Å². The summed E-state index contributed by atoms with van der Waals surface area (Å²) in [5, 5.41) is 3.30. The van der Waals surface area contributed by atoms with Crippen LogP contribution in [0.3, 0.4) is 0 Å². The lowest BCUT2D eigenvalue weighted by molar-refractivity contribution is -0.127. The second kappa shape index (κ2) is 13.1. The highest BCUT2D eigenvalue weighted by Gasteiger charge is 2.36. The summed E-state index contributed by atoms with van der Waals surface area (Å²) in [6.07, 6.45) is 1.61. The number of hydrogen-bond acceptors (Lipinski definition) is 6. The van der Waals surface area contributed by atoms with Crippen LogP contribution in [0.15, 0.2) is 59.5 Å². The number of rotatable bonds is 9. The van der Waals surface area contributed by atoms with Crippen molar-refractivity contribution in [3.63, 3.8) is 0 Å². The van der Waals surface area contributed by atoms with Gasteiger partial charge in [0.05, 0.1) is 15.1 Å². The lowest BCUT2D eigenvalue weighted by Gasteiger charge is -2.15. The molecule has 0 radical (unpaired) electrons. The first-order valence-corrected chi connectivity index (χ1v) is 14.4. The second-order valence-corrected chi connectivity index (χ2v) is 11.5. The molecule has 202 valence electrons. The zero-order valence-corrected chi connectivity index (χ0v) is 25.4. The first kappa shape index (κ1) is 29.3. The van der Waals surface area contributed by atoms with E-state index in [4.69, 9.17) is 32.7 Å². The molecule has 0 aromatic heterocycles. The lowest BCUT2D eigenvalue weighted by Crippen LogP contribution is -2.36. The van der Waals surface area contributed by atoms with Crippen LogP contribution >= 0.6 is 57.6 Å². The number of ether oxygens (including phenoxy) is 2. The van der Waals surface area contributed by atoms with E-state index in [9.17, 15) is 14.4 Å². The van der Waals surface area contributed by atoms with Gasteiger partial charge in [0.1, 0.15) is 13.2 Å². The van der Waals surface area contributed by atoms with Crippen molar-refractivity contribution in [2.45, 2.75) is 20.5 Å². The van der Waals surface area contributed by atoms with Crippen molar-refractivity contribution in [3.05, 3.63) is 89.8 Å². The van der Waals surface area contributed by atoms with E-state index in [1.54, 1.807) is 42.5 Å². The van der Waals surface area contributed by atoms with Crippen LogP contribution in [0, 0.1) is 10.5 Å². The number of halogens is 3. The molecule has 0 saturated carbocycles. The van der Waals surface area contributed by atoms with E-state index in [-0.39, 0.29) is 4.91 Å². The standard InChI is InChI=1S/C28H23Cl2IN2O5S/c1-3-37-23-11-18(10-22(31)26(23)38-15-17-5-7-19(29)8-6-17)12-24-27(35)33(28(36)39-24)14-25(34)32-20-9-4-16(2)21(30)13-20/h4-13H,3,14-15H2,1-2H3,(H,32,34)/b24-12+. The number of imide groups is 1. The molecule has 1 fully saturated rings. The maximum absolute atomic E-state index is 13.0. The monoisotopic (exact) mass is 696 g/mol. The van der Waals surface area contributed by atoms with Crippen molar-refractivity contribution in [1.29, 1.82) is 0 Å². The number of thioether (sulfide) groups is 1. The molecule has 1 aliphatic heterocycles. The fourth-order valence-corrected chi connectivity index (χ4v) is 5.54. The SMILES string of the molecule is CCOc1cc(/C=C2/SC(=O)N(CC(=O)Nc3ccc(C)c(Cl)c3)C2=O)cc(I)c1OCc1ccc(Cl)cc1. The summed E-state index contributed by atoms with van der Waals surface area (Å²) in [5.74, 6) is 0.0393. The number of hydrogen-bond donors (Lipinski definition) is 1. The summed E-state index contributed by atoms with van der Waals surface area (Å²) in [7, 11) is 0.